The maximum absolute atomic E-state index is 3.64. The molecule has 0 bridgehead atoms. The summed E-state index contributed by atoms with van der Waals surface area (Å²) < 4.78 is 0. The predicted molar refractivity (Wildman–Crippen MR) is 111 cm³/mol. The van der Waals surface area contributed by atoms with Crippen LogP contribution in [0.2, 0.25) is 0 Å². The van der Waals surface area contributed by atoms with Crippen LogP contribution in [0, 0.1) is 0 Å². The maximum atomic E-state index is 3.64. The van der Waals surface area contributed by atoms with E-state index in [1.807, 2.05) is 6.07 Å². The Hall–Kier alpha value is -2.74. The zero-order valence-electron chi connectivity index (χ0n) is 16.0. The summed E-state index contributed by atoms with van der Waals surface area (Å²) >= 11 is 0. The molecule has 0 radical (unpaired) electrons. The summed E-state index contributed by atoms with van der Waals surface area (Å²) in [7, 11) is 0. The Bertz CT molecular complexity index is 911. The fourth-order valence-electron chi connectivity index (χ4n) is 4.66. The Morgan fingerprint density at radius 3 is 1.92 bits per heavy atom. The van der Waals surface area contributed by atoms with Crippen LogP contribution in [-0.4, -0.2) is 0 Å². The molecule has 4 rings (SSSR count). The van der Waals surface area contributed by atoms with Gasteiger partial charge in [-0.15, -0.1) is 0 Å². The molecule has 3 aromatic carbocycles. The first-order chi connectivity index (χ1) is 12.4. The Labute approximate surface area is 156 Å². The van der Waals surface area contributed by atoms with Crippen LogP contribution in [0.1, 0.15) is 38.8 Å². The van der Waals surface area contributed by atoms with E-state index >= 15 is 0 Å². The third-order valence-corrected chi connectivity index (χ3v) is 5.52. The first-order valence-corrected chi connectivity index (χ1v) is 9.24. The molecule has 1 N–H and O–H groups in total. The van der Waals surface area contributed by atoms with Crippen LogP contribution in [-0.2, 0) is 11.1 Å². The Morgan fingerprint density at radius 2 is 1.27 bits per heavy atom. The van der Waals surface area contributed by atoms with Gasteiger partial charge >= 0.3 is 0 Å². The van der Waals surface area contributed by atoms with Crippen molar-refractivity contribution in [3.63, 3.8) is 0 Å². The van der Waals surface area contributed by atoms with E-state index in [4.69, 9.17) is 0 Å². The minimum absolute atomic E-state index is 0.0887. The van der Waals surface area contributed by atoms with Gasteiger partial charge in [-0.1, -0.05) is 48.5 Å². The molecule has 0 amide bonds. The van der Waals surface area contributed by atoms with E-state index in [0.29, 0.717) is 0 Å². The first-order valence-electron chi connectivity index (χ1n) is 9.24. The van der Waals surface area contributed by atoms with Gasteiger partial charge in [-0.2, -0.15) is 0 Å². The molecule has 132 valence electrons. The van der Waals surface area contributed by atoms with Crippen LogP contribution < -0.4 is 10.2 Å². The van der Waals surface area contributed by atoms with Crippen molar-refractivity contribution in [3.8, 4) is 0 Å². The Balaban J connectivity index is 1.87. The number of hydrogen-bond donors (Lipinski definition) is 1. The molecule has 0 atom stereocenters. The van der Waals surface area contributed by atoms with Gasteiger partial charge in [-0.25, -0.2) is 0 Å². The Kier molecular flexibility index (Phi) is 3.80. The number of benzene rings is 3. The second-order valence-electron chi connectivity index (χ2n) is 8.01. The summed E-state index contributed by atoms with van der Waals surface area (Å²) in [5.74, 6) is 0. The van der Waals surface area contributed by atoms with Crippen LogP contribution in [0.5, 0.6) is 0 Å². The van der Waals surface area contributed by atoms with Crippen molar-refractivity contribution in [2.75, 3.05) is 10.2 Å². The number of fused-ring (bicyclic) bond motifs is 1. The molecule has 1 aliphatic heterocycles. The largest absolute Gasteiger partial charge is 0.355 e. The van der Waals surface area contributed by atoms with Crippen molar-refractivity contribution in [2.45, 2.75) is 38.8 Å². The molecular formula is C24H26N2. The molecular weight excluding hydrogens is 316 g/mol. The van der Waals surface area contributed by atoms with Crippen molar-refractivity contribution in [1.82, 2.24) is 0 Å². The van der Waals surface area contributed by atoms with Crippen LogP contribution in [0.4, 0.5) is 17.1 Å². The van der Waals surface area contributed by atoms with E-state index in [-0.39, 0.29) is 11.1 Å². The van der Waals surface area contributed by atoms with Gasteiger partial charge in [0.15, 0.2) is 0 Å². The van der Waals surface area contributed by atoms with E-state index < -0.39 is 0 Å². The van der Waals surface area contributed by atoms with Gasteiger partial charge in [0.2, 0.25) is 0 Å². The number of rotatable bonds is 3. The van der Waals surface area contributed by atoms with E-state index in [1.165, 1.54) is 22.5 Å². The zero-order chi connectivity index (χ0) is 18.4. The maximum Gasteiger partial charge on any atom is 0.0630 e. The van der Waals surface area contributed by atoms with E-state index in [1.54, 1.807) is 0 Å². The predicted octanol–water partition coefficient (Wildman–Crippen LogP) is 6.42. The summed E-state index contributed by atoms with van der Waals surface area (Å²) in [5.41, 5.74) is 6.10. The molecule has 2 heteroatoms. The van der Waals surface area contributed by atoms with Crippen molar-refractivity contribution >= 4 is 17.1 Å². The highest BCUT2D eigenvalue weighted by molar-refractivity contribution is 5.73. The molecule has 2 nitrogen and oxygen atoms in total. The van der Waals surface area contributed by atoms with Gasteiger partial charge in [-0.3, -0.25) is 0 Å². The van der Waals surface area contributed by atoms with Crippen molar-refractivity contribution in [2.24, 2.45) is 0 Å². The van der Waals surface area contributed by atoms with Crippen LogP contribution in [0.3, 0.4) is 0 Å². The molecule has 1 aliphatic rings. The molecule has 0 fully saturated rings. The van der Waals surface area contributed by atoms with Crippen molar-refractivity contribution in [3.05, 3.63) is 90.0 Å². The monoisotopic (exact) mass is 342 g/mol. The van der Waals surface area contributed by atoms with Gasteiger partial charge in [0, 0.05) is 22.6 Å². The zero-order valence-corrected chi connectivity index (χ0v) is 16.0. The summed E-state index contributed by atoms with van der Waals surface area (Å²) in [6, 6.07) is 27.8. The minimum Gasteiger partial charge on any atom is -0.355 e. The highest BCUT2D eigenvalue weighted by Gasteiger charge is 2.50. The summed E-state index contributed by atoms with van der Waals surface area (Å²) in [6.45, 7) is 9.28. The lowest BCUT2D eigenvalue weighted by Crippen LogP contribution is -2.45. The number of nitrogens with zero attached hydrogens (tertiary/aromatic N) is 1. The smallest absolute Gasteiger partial charge is 0.0630 e. The molecule has 0 saturated heterocycles. The first kappa shape index (κ1) is 16.7. The van der Waals surface area contributed by atoms with Gasteiger partial charge < -0.3 is 10.2 Å². The highest BCUT2D eigenvalue weighted by Crippen LogP contribution is 2.54. The fraction of sp³-hybridized carbons (Fsp3) is 0.250. The van der Waals surface area contributed by atoms with Crippen LogP contribution in [0.25, 0.3) is 0 Å². The fourth-order valence-corrected chi connectivity index (χ4v) is 4.66. The number of anilines is 3. The molecule has 0 aromatic heterocycles. The van der Waals surface area contributed by atoms with Gasteiger partial charge in [0.05, 0.1) is 11.1 Å². The standard InChI is InChI=1S/C24H26N2/c1-23(2)20-16-11-17-21(25-18-12-7-5-8-13-18)22(20)24(3,4)26(23)19-14-9-6-10-15-19/h5-17,25H,1-4H3. The van der Waals surface area contributed by atoms with E-state index in [0.717, 1.165) is 5.69 Å². The molecule has 0 aliphatic carbocycles. The average Bonchev–Trinajstić information content (AvgIpc) is 2.79. The van der Waals surface area contributed by atoms with Crippen LogP contribution in [0.15, 0.2) is 78.9 Å². The minimum atomic E-state index is -0.126. The lowest BCUT2D eigenvalue weighted by molar-refractivity contribution is 0.403. The topological polar surface area (TPSA) is 15.3 Å². The molecule has 3 aromatic rings. The summed E-state index contributed by atoms with van der Waals surface area (Å²) in [4.78, 5) is 2.54. The third kappa shape index (κ3) is 2.48. The quantitative estimate of drug-likeness (QED) is 0.591. The number of nitrogens with one attached hydrogen (secondary N) is 1. The lowest BCUT2D eigenvalue weighted by atomic mass is 9.89. The molecule has 0 saturated carbocycles. The average molecular weight is 342 g/mol. The van der Waals surface area contributed by atoms with Gasteiger partial charge in [0.1, 0.15) is 0 Å². The number of para-hydroxylation sites is 2. The van der Waals surface area contributed by atoms with Crippen molar-refractivity contribution in [1.29, 1.82) is 0 Å². The second kappa shape index (κ2) is 5.91. The second-order valence-corrected chi connectivity index (χ2v) is 8.01. The van der Waals surface area contributed by atoms with Gasteiger partial charge in [0.25, 0.3) is 0 Å². The SMILES string of the molecule is CC1(C)c2cccc(Nc3ccccc3)c2C(C)(C)N1c1ccccc1. The molecule has 1 heterocycles. The van der Waals surface area contributed by atoms with Crippen molar-refractivity contribution < 1.29 is 0 Å². The summed E-state index contributed by atoms with van der Waals surface area (Å²) in [6.07, 6.45) is 0. The highest BCUT2D eigenvalue weighted by atomic mass is 15.3. The normalized spacial score (nSPS) is 17.0. The summed E-state index contributed by atoms with van der Waals surface area (Å²) in [5, 5.41) is 3.64. The third-order valence-electron chi connectivity index (χ3n) is 5.52. The molecule has 0 spiro atoms. The molecule has 26 heavy (non-hydrogen) atoms. The molecule has 0 unspecified atom stereocenters. The van der Waals surface area contributed by atoms with Crippen LogP contribution >= 0.6 is 0 Å². The number of hydrogen-bond acceptors (Lipinski definition) is 2. The Morgan fingerprint density at radius 1 is 0.654 bits per heavy atom. The lowest BCUT2D eigenvalue weighted by Gasteiger charge is -2.43. The van der Waals surface area contributed by atoms with E-state index in [2.05, 4.69) is 111 Å². The van der Waals surface area contributed by atoms with E-state index in [9.17, 15) is 0 Å². The van der Waals surface area contributed by atoms with Gasteiger partial charge in [-0.05, 0) is 63.6 Å².